The zero-order chi connectivity index (χ0) is 16.3. The molecule has 2 rings (SSSR count). The first-order valence-electron chi connectivity index (χ1n) is 9.66. The van der Waals surface area contributed by atoms with Crippen molar-refractivity contribution >= 4 is 6.03 Å². The Morgan fingerprint density at radius 2 is 1.83 bits per heavy atom. The Morgan fingerprint density at radius 3 is 2.61 bits per heavy atom. The van der Waals surface area contributed by atoms with Crippen LogP contribution in [0.4, 0.5) is 4.79 Å². The molecule has 3 N–H and O–H groups in total. The quantitative estimate of drug-likeness (QED) is 0.601. The van der Waals surface area contributed by atoms with Crippen LogP contribution in [0.5, 0.6) is 0 Å². The van der Waals surface area contributed by atoms with Crippen molar-refractivity contribution in [1.82, 2.24) is 15.5 Å². The Balaban J connectivity index is 1.40. The highest BCUT2D eigenvalue weighted by Crippen LogP contribution is 2.23. The van der Waals surface area contributed by atoms with Crippen molar-refractivity contribution in [2.75, 3.05) is 32.7 Å². The van der Waals surface area contributed by atoms with Gasteiger partial charge < -0.3 is 20.6 Å². The number of likely N-dealkylation sites (tertiary alicyclic amines) is 1. The number of hydrogen-bond acceptors (Lipinski definition) is 3. The van der Waals surface area contributed by atoms with Gasteiger partial charge in [0.15, 0.2) is 0 Å². The van der Waals surface area contributed by atoms with Crippen LogP contribution < -0.4 is 10.6 Å². The molecule has 1 aliphatic heterocycles. The number of nitrogens with zero attached hydrogens (tertiary/aromatic N) is 1. The Morgan fingerprint density at radius 1 is 1.00 bits per heavy atom. The predicted octanol–water partition coefficient (Wildman–Crippen LogP) is 2.49. The monoisotopic (exact) mass is 325 g/mol. The highest BCUT2D eigenvalue weighted by atomic mass is 16.3. The third kappa shape index (κ3) is 8.02. The number of carbonyl (C=O) groups is 1. The Bertz CT molecular complexity index is 332. The first-order chi connectivity index (χ1) is 11.2. The summed E-state index contributed by atoms with van der Waals surface area (Å²) in [6.07, 6.45) is 11.4. The summed E-state index contributed by atoms with van der Waals surface area (Å²) < 4.78 is 0. The fraction of sp³-hybridized carbons (Fsp3) is 0.944. The molecule has 2 unspecified atom stereocenters. The van der Waals surface area contributed by atoms with Crippen LogP contribution in [0.25, 0.3) is 0 Å². The zero-order valence-electron chi connectivity index (χ0n) is 14.6. The number of carbonyl (C=O) groups excluding carboxylic acids is 1. The maximum absolute atomic E-state index is 11.8. The van der Waals surface area contributed by atoms with E-state index in [0.717, 1.165) is 38.6 Å². The molecule has 0 aromatic rings. The van der Waals surface area contributed by atoms with Crippen molar-refractivity contribution < 1.29 is 9.90 Å². The summed E-state index contributed by atoms with van der Waals surface area (Å²) in [4.78, 5) is 14.3. The van der Waals surface area contributed by atoms with Gasteiger partial charge >= 0.3 is 6.03 Å². The number of nitrogens with one attached hydrogen (secondary N) is 2. The lowest BCUT2D eigenvalue weighted by atomic mass is 9.87. The highest BCUT2D eigenvalue weighted by Gasteiger charge is 2.20. The number of unbranched alkanes of at least 4 members (excludes halogenated alkanes) is 2. The molecular formula is C18H35N3O2. The number of aliphatic hydroxyl groups excluding tert-OH is 1. The van der Waals surface area contributed by atoms with E-state index in [1.807, 2.05) is 0 Å². The third-order valence-corrected chi connectivity index (χ3v) is 5.19. The van der Waals surface area contributed by atoms with Crippen LogP contribution in [0.1, 0.15) is 64.2 Å². The largest absolute Gasteiger partial charge is 0.393 e. The van der Waals surface area contributed by atoms with E-state index in [0.29, 0.717) is 12.5 Å². The zero-order valence-corrected chi connectivity index (χ0v) is 14.6. The highest BCUT2D eigenvalue weighted by molar-refractivity contribution is 5.73. The summed E-state index contributed by atoms with van der Waals surface area (Å²) in [5, 5.41) is 15.5. The van der Waals surface area contributed by atoms with Gasteiger partial charge in [0.25, 0.3) is 0 Å². The molecule has 0 radical (unpaired) electrons. The van der Waals surface area contributed by atoms with E-state index in [-0.39, 0.29) is 12.1 Å². The first-order valence-corrected chi connectivity index (χ1v) is 9.66. The minimum Gasteiger partial charge on any atom is -0.393 e. The number of urea groups is 1. The molecule has 0 spiro atoms. The van der Waals surface area contributed by atoms with Gasteiger partial charge in [-0.05, 0) is 70.5 Å². The minimum atomic E-state index is -0.168. The van der Waals surface area contributed by atoms with E-state index in [1.54, 1.807) is 0 Å². The molecule has 1 aliphatic carbocycles. The van der Waals surface area contributed by atoms with Crippen LogP contribution in [0, 0.1) is 5.92 Å². The summed E-state index contributed by atoms with van der Waals surface area (Å²) in [5.41, 5.74) is 0. The summed E-state index contributed by atoms with van der Waals surface area (Å²) in [7, 11) is 0. The molecule has 23 heavy (non-hydrogen) atoms. The van der Waals surface area contributed by atoms with Crippen molar-refractivity contribution in [3.8, 4) is 0 Å². The number of aliphatic hydroxyl groups is 1. The summed E-state index contributed by atoms with van der Waals surface area (Å²) >= 11 is 0. The molecule has 2 fully saturated rings. The summed E-state index contributed by atoms with van der Waals surface area (Å²) in [5.74, 6) is 0.439. The van der Waals surface area contributed by atoms with Crippen molar-refractivity contribution in [1.29, 1.82) is 0 Å². The average Bonchev–Trinajstić information content (AvgIpc) is 2.57. The number of amides is 2. The lowest BCUT2D eigenvalue weighted by molar-refractivity contribution is 0.101. The van der Waals surface area contributed by atoms with E-state index >= 15 is 0 Å². The standard InChI is InChI=1S/C18H35N3O2/c22-17-9-7-8-16(14-17)15-20-18(23)19-10-3-1-4-11-21-12-5-2-6-13-21/h16-17,22H,1-15H2,(H2,19,20,23). The molecule has 1 saturated heterocycles. The molecule has 0 aromatic heterocycles. The van der Waals surface area contributed by atoms with Crippen LogP contribution >= 0.6 is 0 Å². The van der Waals surface area contributed by atoms with Crippen molar-refractivity contribution in [2.24, 2.45) is 5.92 Å². The van der Waals surface area contributed by atoms with E-state index in [2.05, 4.69) is 15.5 Å². The maximum Gasteiger partial charge on any atom is 0.314 e. The Hall–Kier alpha value is -0.810. The van der Waals surface area contributed by atoms with E-state index < -0.39 is 0 Å². The van der Waals surface area contributed by atoms with Gasteiger partial charge in [0, 0.05) is 13.1 Å². The second-order valence-corrected chi connectivity index (χ2v) is 7.29. The molecule has 134 valence electrons. The van der Waals surface area contributed by atoms with Gasteiger partial charge in [-0.3, -0.25) is 0 Å². The van der Waals surface area contributed by atoms with E-state index in [4.69, 9.17) is 0 Å². The van der Waals surface area contributed by atoms with Gasteiger partial charge in [-0.25, -0.2) is 4.79 Å². The Kier molecular flexibility index (Phi) is 8.76. The van der Waals surface area contributed by atoms with Crippen molar-refractivity contribution in [3.05, 3.63) is 0 Å². The van der Waals surface area contributed by atoms with Gasteiger partial charge in [0.2, 0.25) is 0 Å². The lowest BCUT2D eigenvalue weighted by Gasteiger charge is -2.26. The second-order valence-electron chi connectivity index (χ2n) is 7.29. The SMILES string of the molecule is O=C(NCCCCCN1CCCCC1)NCC1CCCC(O)C1. The Labute approximate surface area is 141 Å². The molecule has 2 amide bonds. The van der Waals surface area contributed by atoms with E-state index in [1.165, 1.54) is 51.7 Å². The van der Waals surface area contributed by atoms with Gasteiger partial charge in [0.1, 0.15) is 0 Å². The van der Waals surface area contributed by atoms with Gasteiger partial charge in [-0.2, -0.15) is 0 Å². The van der Waals surface area contributed by atoms with Crippen molar-refractivity contribution in [2.45, 2.75) is 70.3 Å². The summed E-state index contributed by atoms with van der Waals surface area (Å²) in [6.45, 7) is 5.22. The van der Waals surface area contributed by atoms with Crippen molar-refractivity contribution in [3.63, 3.8) is 0 Å². The van der Waals surface area contributed by atoms with Gasteiger partial charge in [-0.15, -0.1) is 0 Å². The third-order valence-electron chi connectivity index (χ3n) is 5.19. The molecule has 5 nitrogen and oxygen atoms in total. The van der Waals surface area contributed by atoms with Crippen LogP contribution in [-0.4, -0.2) is 54.9 Å². The fourth-order valence-corrected chi connectivity index (χ4v) is 3.77. The minimum absolute atomic E-state index is 0.0545. The fourth-order valence-electron chi connectivity index (χ4n) is 3.77. The summed E-state index contributed by atoms with van der Waals surface area (Å²) in [6, 6.07) is -0.0545. The predicted molar refractivity (Wildman–Crippen MR) is 93.5 cm³/mol. The van der Waals surface area contributed by atoms with Crippen LogP contribution in [0.15, 0.2) is 0 Å². The molecule has 0 bridgehead atoms. The first kappa shape index (κ1) is 18.5. The number of hydrogen-bond donors (Lipinski definition) is 3. The molecule has 5 heteroatoms. The molecule has 2 atom stereocenters. The maximum atomic E-state index is 11.8. The molecule has 2 aliphatic rings. The number of rotatable bonds is 8. The smallest absolute Gasteiger partial charge is 0.314 e. The van der Waals surface area contributed by atoms with Crippen LogP contribution in [-0.2, 0) is 0 Å². The van der Waals surface area contributed by atoms with Crippen LogP contribution in [0.2, 0.25) is 0 Å². The molecule has 0 aromatic carbocycles. The molecular weight excluding hydrogens is 290 g/mol. The lowest BCUT2D eigenvalue weighted by Crippen LogP contribution is -2.40. The topological polar surface area (TPSA) is 64.6 Å². The van der Waals surface area contributed by atoms with Crippen LogP contribution in [0.3, 0.4) is 0 Å². The average molecular weight is 325 g/mol. The second kappa shape index (κ2) is 10.9. The molecule has 1 heterocycles. The molecule has 1 saturated carbocycles. The normalized spacial score (nSPS) is 26.0. The van der Waals surface area contributed by atoms with E-state index in [9.17, 15) is 9.90 Å². The number of piperidine rings is 1. The van der Waals surface area contributed by atoms with Gasteiger partial charge in [0.05, 0.1) is 6.10 Å². The van der Waals surface area contributed by atoms with Gasteiger partial charge in [-0.1, -0.05) is 19.3 Å².